The molecule has 29 heavy (non-hydrogen) atoms. The van der Waals surface area contributed by atoms with Gasteiger partial charge in [0.25, 0.3) is 5.69 Å². The maximum absolute atomic E-state index is 13.3. The zero-order chi connectivity index (χ0) is 21.0. The molecule has 6 nitrogen and oxygen atoms in total. The Morgan fingerprint density at radius 2 is 1.76 bits per heavy atom. The van der Waals surface area contributed by atoms with E-state index in [0.29, 0.717) is 0 Å². The van der Waals surface area contributed by atoms with Gasteiger partial charge in [-0.3, -0.25) is 10.1 Å². The Balaban J connectivity index is 2.09. The number of pyridine rings is 1. The SMILES string of the molecule is Cc1ccc(NC(=S)C(=C([O-])c2cccc([N+](=O)[O-])c2)[n+]2ccccc2)c(C)c1. The molecule has 1 N–H and O–H groups in total. The van der Waals surface area contributed by atoms with Gasteiger partial charge in [-0.2, -0.15) is 4.57 Å². The summed E-state index contributed by atoms with van der Waals surface area (Å²) in [5.41, 5.74) is 3.15. The lowest BCUT2D eigenvalue weighted by Gasteiger charge is -2.17. The second kappa shape index (κ2) is 8.62. The number of aromatic nitrogens is 1. The van der Waals surface area contributed by atoms with Crippen LogP contribution in [0.5, 0.6) is 0 Å². The van der Waals surface area contributed by atoms with Crippen molar-refractivity contribution in [2.75, 3.05) is 5.32 Å². The van der Waals surface area contributed by atoms with E-state index < -0.39 is 10.7 Å². The molecule has 0 fully saturated rings. The molecule has 0 saturated carbocycles. The molecule has 0 spiro atoms. The van der Waals surface area contributed by atoms with Gasteiger partial charge < -0.3 is 10.4 Å². The van der Waals surface area contributed by atoms with Crippen LogP contribution in [0.25, 0.3) is 11.5 Å². The average molecular weight is 405 g/mol. The van der Waals surface area contributed by atoms with Crippen molar-refractivity contribution in [2.24, 2.45) is 0 Å². The molecule has 1 aromatic heterocycles. The van der Waals surface area contributed by atoms with Crippen LogP contribution in [0.15, 0.2) is 73.1 Å². The molecule has 146 valence electrons. The van der Waals surface area contributed by atoms with E-state index in [1.165, 1.54) is 18.2 Å². The normalized spacial score (nSPS) is 11.5. The number of nitro benzene ring substituents is 1. The van der Waals surface area contributed by atoms with E-state index in [2.05, 4.69) is 5.32 Å². The van der Waals surface area contributed by atoms with E-state index in [4.69, 9.17) is 12.2 Å². The first kappa shape index (κ1) is 20.2. The van der Waals surface area contributed by atoms with Gasteiger partial charge >= 0.3 is 0 Å². The predicted molar refractivity (Wildman–Crippen MR) is 115 cm³/mol. The topological polar surface area (TPSA) is 82.1 Å². The van der Waals surface area contributed by atoms with E-state index in [0.717, 1.165) is 16.8 Å². The molecule has 0 aliphatic rings. The Bertz CT molecular complexity index is 1110. The van der Waals surface area contributed by atoms with E-state index in [1.54, 1.807) is 35.2 Å². The lowest BCUT2D eigenvalue weighted by atomic mass is 10.1. The first-order valence-corrected chi connectivity index (χ1v) is 9.29. The first-order valence-electron chi connectivity index (χ1n) is 8.88. The highest BCUT2D eigenvalue weighted by Gasteiger charge is 2.20. The summed E-state index contributed by atoms with van der Waals surface area (Å²) >= 11 is 5.57. The van der Waals surface area contributed by atoms with Crippen molar-refractivity contribution in [3.63, 3.8) is 0 Å². The molecule has 0 atom stereocenters. The highest BCUT2D eigenvalue weighted by atomic mass is 32.1. The molecule has 0 aliphatic carbocycles. The van der Waals surface area contributed by atoms with E-state index in [1.807, 2.05) is 38.1 Å². The van der Waals surface area contributed by atoms with Gasteiger partial charge in [-0.1, -0.05) is 48.1 Å². The van der Waals surface area contributed by atoms with Crippen molar-refractivity contribution in [3.05, 3.63) is 99.9 Å². The highest BCUT2D eigenvalue weighted by molar-refractivity contribution is 7.81. The molecule has 0 unspecified atom stereocenters. The molecule has 0 saturated heterocycles. The number of rotatable bonds is 5. The quantitative estimate of drug-likeness (QED) is 0.175. The van der Waals surface area contributed by atoms with Gasteiger partial charge in [-0.25, -0.2) is 0 Å². The smallest absolute Gasteiger partial charge is 0.270 e. The maximum atomic E-state index is 13.3. The van der Waals surface area contributed by atoms with Gasteiger partial charge in [0.2, 0.25) is 5.70 Å². The zero-order valence-electron chi connectivity index (χ0n) is 16.0. The van der Waals surface area contributed by atoms with E-state index in [-0.39, 0.29) is 21.9 Å². The number of benzene rings is 2. The van der Waals surface area contributed by atoms with Crippen LogP contribution in [0.4, 0.5) is 11.4 Å². The van der Waals surface area contributed by atoms with Gasteiger partial charge in [0.1, 0.15) is 0 Å². The Kier molecular flexibility index (Phi) is 5.99. The van der Waals surface area contributed by atoms with Gasteiger partial charge in [-0.05, 0) is 36.8 Å². The maximum Gasteiger partial charge on any atom is 0.270 e. The number of nitrogens with zero attached hydrogens (tertiary/aromatic N) is 2. The van der Waals surface area contributed by atoms with Crippen molar-refractivity contribution in [1.29, 1.82) is 0 Å². The number of hydrogen-bond donors (Lipinski definition) is 1. The molecule has 3 rings (SSSR count). The molecule has 0 amide bonds. The van der Waals surface area contributed by atoms with Crippen molar-refractivity contribution < 1.29 is 14.6 Å². The van der Waals surface area contributed by atoms with Crippen LogP contribution in [0.1, 0.15) is 16.7 Å². The number of anilines is 1. The Morgan fingerprint density at radius 1 is 1.03 bits per heavy atom. The number of non-ortho nitro benzene ring substituents is 1. The molecule has 1 heterocycles. The second-order valence-corrected chi connectivity index (χ2v) is 6.95. The lowest BCUT2D eigenvalue weighted by molar-refractivity contribution is -0.577. The predicted octanol–water partition coefficient (Wildman–Crippen LogP) is 3.62. The number of nitrogens with one attached hydrogen (secondary N) is 1. The van der Waals surface area contributed by atoms with Crippen molar-refractivity contribution >= 4 is 40.0 Å². The summed E-state index contributed by atoms with van der Waals surface area (Å²) in [4.78, 5) is 10.8. The lowest BCUT2D eigenvalue weighted by Crippen LogP contribution is -2.39. The average Bonchev–Trinajstić information content (AvgIpc) is 2.71. The van der Waals surface area contributed by atoms with Gasteiger partial charge in [-0.15, -0.1) is 0 Å². The van der Waals surface area contributed by atoms with E-state index in [9.17, 15) is 15.2 Å². The number of hydrogen-bond acceptors (Lipinski definition) is 4. The summed E-state index contributed by atoms with van der Waals surface area (Å²) in [6, 6.07) is 16.9. The fraction of sp³-hybridized carbons (Fsp3) is 0.0909. The molecular formula is C22H19N3O3S. The molecule has 0 radical (unpaired) electrons. The van der Waals surface area contributed by atoms with Gasteiger partial charge in [0.15, 0.2) is 17.4 Å². The van der Waals surface area contributed by atoms with Crippen LogP contribution in [-0.2, 0) is 0 Å². The van der Waals surface area contributed by atoms with Crippen LogP contribution in [0, 0.1) is 24.0 Å². The van der Waals surface area contributed by atoms with E-state index >= 15 is 0 Å². The summed E-state index contributed by atoms with van der Waals surface area (Å²) in [6.45, 7) is 3.95. The summed E-state index contributed by atoms with van der Waals surface area (Å²) < 4.78 is 1.61. The highest BCUT2D eigenvalue weighted by Crippen LogP contribution is 2.22. The molecule has 7 heteroatoms. The largest absolute Gasteiger partial charge is 0.867 e. The third-order valence-corrected chi connectivity index (χ3v) is 4.65. The van der Waals surface area contributed by atoms with Gasteiger partial charge in [0.05, 0.1) is 4.92 Å². The summed E-state index contributed by atoms with van der Waals surface area (Å²) in [7, 11) is 0. The number of thiocarbonyl (C=S) groups is 1. The number of aryl methyl sites for hydroxylation is 2. The standard InChI is InChI=1S/C22H19N3O3S/c1-15-9-10-19(16(2)13-15)23-22(29)20(24-11-4-3-5-12-24)21(26)17-7-6-8-18(14-17)25(27)28/h3-14H,1-2H3,(H-,23,26,29). The van der Waals surface area contributed by atoms with Crippen LogP contribution in [-0.4, -0.2) is 9.91 Å². The minimum absolute atomic E-state index is 0.151. The third-order valence-electron chi connectivity index (χ3n) is 4.35. The zero-order valence-corrected chi connectivity index (χ0v) is 16.8. The Labute approximate surface area is 173 Å². The fourth-order valence-electron chi connectivity index (χ4n) is 2.92. The minimum Gasteiger partial charge on any atom is -0.867 e. The molecular weight excluding hydrogens is 386 g/mol. The van der Waals surface area contributed by atoms with Crippen molar-refractivity contribution in [2.45, 2.75) is 13.8 Å². The minimum atomic E-state index is -0.529. The molecule has 0 aliphatic heterocycles. The van der Waals surface area contributed by atoms with Crippen LogP contribution in [0.3, 0.4) is 0 Å². The summed E-state index contributed by atoms with van der Waals surface area (Å²) in [6.07, 6.45) is 3.42. The van der Waals surface area contributed by atoms with Crippen LogP contribution >= 0.6 is 12.2 Å². The first-order chi connectivity index (χ1) is 13.9. The fourth-order valence-corrected chi connectivity index (χ4v) is 3.23. The Morgan fingerprint density at radius 3 is 2.41 bits per heavy atom. The van der Waals surface area contributed by atoms with Gasteiger partial charge in [0, 0.05) is 30.0 Å². The summed E-state index contributed by atoms with van der Waals surface area (Å²) in [5, 5.41) is 27.5. The van der Waals surface area contributed by atoms with Crippen LogP contribution in [0.2, 0.25) is 0 Å². The number of nitro groups is 1. The summed E-state index contributed by atoms with van der Waals surface area (Å²) in [5.74, 6) is -0.410. The third kappa shape index (κ3) is 4.64. The molecule has 3 aromatic rings. The monoisotopic (exact) mass is 405 g/mol. The van der Waals surface area contributed by atoms with Crippen molar-refractivity contribution in [1.82, 2.24) is 0 Å². The second-order valence-electron chi connectivity index (χ2n) is 6.54. The molecule has 2 aromatic carbocycles. The van der Waals surface area contributed by atoms with Crippen molar-refractivity contribution in [3.8, 4) is 0 Å². The Hall–Kier alpha value is -3.58. The van der Waals surface area contributed by atoms with Crippen LogP contribution < -0.4 is 15.0 Å². The molecule has 0 bridgehead atoms.